The van der Waals surface area contributed by atoms with Crippen LogP contribution in [0.4, 0.5) is 5.69 Å². The highest BCUT2D eigenvalue weighted by atomic mass is 35.5. The van der Waals surface area contributed by atoms with E-state index in [-0.39, 0.29) is 12.6 Å². The summed E-state index contributed by atoms with van der Waals surface area (Å²) in [5.74, 6) is 0.419. The van der Waals surface area contributed by atoms with Crippen molar-refractivity contribution >= 4 is 23.2 Å². The summed E-state index contributed by atoms with van der Waals surface area (Å²) in [4.78, 5) is 12.5. The van der Waals surface area contributed by atoms with Crippen LogP contribution in [0.2, 0.25) is 5.02 Å². The molecule has 0 unspecified atom stereocenters. The van der Waals surface area contributed by atoms with E-state index in [0.717, 1.165) is 12.1 Å². The van der Waals surface area contributed by atoms with E-state index in [2.05, 4.69) is 17.3 Å². The summed E-state index contributed by atoms with van der Waals surface area (Å²) < 4.78 is 7.14. The Morgan fingerprint density at radius 1 is 1.12 bits per heavy atom. The molecule has 0 aliphatic carbocycles. The number of ether oxygens (including phenoxy) is 1. The molecule has 1 N–H and O–H groups in total. The maximum Gasteiger partial charge on any atom is 0.274 e. The molecule has 1 heterocycles. The van der Waals surface area contributed by atoms with Crippen LogP contribution in [0.15, 0.2) is 60.8 Å². The van der Waals surface area contributed by atoms with Gasteiger partial charge < -0.3 is 10.1 Å². The number of carbonyl (C=O) groups excluding carboxylic acids is 1. The first-order valence-electron chi connectivity index (χ1n) is 7.96. The second-order valence-electron chi connectivity index (χ2n) is 5.45. The Hall–Kier alpha value is -2.79. The van der Waals surface area contributed by atoms with Gasteiger partial charge in [0.2, 0.25) is 0 Å². The average Bonchev–Trinajstić information content (AvgIpc) is 3.10. The fraction of sp³-hybridized carbons (Fsp3) is 0.158. The molecule has 0 spiro atoms. The van der Waals surface area contributed by atoms with Gasteiger partial charge in [-0.25, -0.2) is 4.68 Å². The van der Waals surface area contributed by atoms with Gasteiger partial charge in [0.15, 0.2) is 6.73 Å². The Kier molecular flexibility index (Phi) is 5.36. The number of halogens is 1. The number of aryl methyl sites for hydroxylation is 1. The summed E-state index contributed by atoms with van der Waals surface area (Å²) in [5, 5.41) is 7.65. The number of nitrogens with one attached hydrogen (secondary N) is 1. The summed E-state index contributed by atoms with van der Waals surface area (Å²) in [5.41, 5.74) is 2.39. The summed E-state index contributed by atoms with van der Waals surface area (Å²) in [7, 11) is 0. The van der Waals surface area contributed by atoms with Crippen LogP contribution in [0, 0.1) is 0 Å². The first-order valence-corrected chi connectivity index (χ1v) is 8.34. The highest BCUT2D eigenvalue weighted by Gasteiger charge is 2.12. The zero-order valence-corrected chi connectivity index (χ0v) is 14.5. The van der Waals surface area contributed by atoms with Gasteiger partial charge in [-0.3, -0.25) is 4.79 Å². The Bertz CT molecular complexity index is 842. The van der Waals surface area contributed by atoms with Crippen LogP contribution in [0.25, 0.3) is 0 Å². The first kappa shape index (κ1) is 17.0. The van der Waals surface area contributed by atoms with Crippen molar-refractivity contribution < 1.29 is 9.53 Å². The number of aromatic nitrogens is 2. The van der Waals surface area contributed by atoms with Gasteiger partial charge in [0, 0.05) is 16.9 Å². The molecule has 0 bridgehead atoms. The summed E-state index contributed by atoms with van der Waals surface area (Å²) in [6.45, 7) is 2.22. The summed E-state index contributed by atoms with van der Waals surface area (Å²) in [6.07, 6.45) is 2.53. The van der Waals surface area contributed by atoms with Crippen LogP contribution < -0.4 is 10.1 Å². The average molecular weight is 356 g/mol. The minimum atomic E-state index is -0.235. The fourth-order valence-corrected chi connectivity index (χ4v) is 2.44. The Balaban J connectivity index is 1.65. The van der Waals surface area contributed by atoms with E-state index < -0.39 is 0 Å². The number of amides is 1. The molecule has 0 saturated carbocycles. The second-order valence-corrected chi connectivity index (χ2v) is 5.88. The Morgan fingerprint density at radius 3 is 2.52 bits per heavy atom. The summed E-state index contributed by atoms with van der Waals surface area (Å²) >= 11 is 5.85. The van der Waals surface area contributed by atoms with Crippen LogP contribution in [-0.2, 0) is 13.2 Å². The highest BCUT2D eigenvalue weighted by molar-refractivity contribution is 6.30. The van der Waals surface area contributed by atoms with Crippen LogP contribution in [0.3, 0.4) is 0 Å². The molecule has 1 aromatic heterocycles. The van der Waals surface area contributed by atoms with Crippen molar-refractivity contribution in [3.8, 4) is 5.75 Å². The number of carbonyl (C=O) groups is 1. The van der Waals surface area contributed by atoms with Gasteiger partial charge in [0.25, 0.3) is 5.91 Å². The molecule has 128 valence electrons. The van der Waals surface area contributed by atoms with Gasteiger partial charge in [-0.05, 0) is 54.4 Å². The van der Waals surface area contributed by atoms with E-state index in [0.29, 0.717) is 16.5 Å². The van der Waals surface area contributed by atoms with E-state index in [1.54, 1.807) is 36.5 Å². The fourth-order valence-electron chi connectivity index (χ4n) is 2.31. The molecule has 0 saturated heterocycles. The van der Waals surface area contributed by atoms with Gasteiger partial charge in [-0.1, -0.05) is 30.7 Å². The lowest BCUT2D eigenvalue weighted by atomic mass is 10.1. The number of hydrogen-bond donors (Lipinski definition) is 1. The number of hydrogen-bond acceptors (Lipinski definition) is 3. The Labute approximate surface area is 151 Å². The van der Waals surface area contributed by atoms with Crippen molar-refractivity contribution in [2.24, 2.45) is 0 Å². The van der Waals surface area contributed by atoms with Crippen molar-refractivity contribution in [3.63, 3.8) is 0 Å². The molecule has 0 radical (unpaired) electrons. The zero-order valence-electron chi connectivity index (χ0n) is 13.8. The van der Waals surface area contributed by atoms with Gasteiger partial charge in [0.05, 0.1) is 0 Å². The van der Waals surface area contributed by atoms with E-state index >= 15 is 0 Å². The molecule has 1 amide bonds. The van der Waals surface area contributed by atoms with Crippen molar-refractivity contribution in [2.45, 2.75) is 20.1 Å². The lowest BCUT2D eigenvalue weighted by molar-refractivity contribution is 0.100. The van der Waals surface area contributed by atoms with Crippen molar-refractivity contribution in [3.05, 3.63) is 77.1 Å². The molecule has 0 aliphatic rings. The van der Waals surface area contributed by atoms with Crippen LogP contribution in [0.5, 0.6) is 5.75 Å². The standard InChI is InChI=1S/C19H18ClN3O2/c1-2-14-3-7-16(8-4-14)22-19(24)18-11-12-21-23(18)13-25-17-9-5-15(20)6-10-17/h3-12H,2,13H2,1H3,(H,22,24). The number of rotatable bonds is 6. The molecule has 3 rings (SSSR count). The highest BCUT2D eigenvalue weighted by Crippen LogP contribution is 2.16. The lowest BCUT2D eigenvalue weighted by Crippen LogP contribution is -2.19. The van der Waals surface area contributed by atoms with Gasteiger partial charge in [-0.2, -0.15) is 5.10 Å². The maximum atomic E-state index is 12.5. The predicted octanol–water partition coefficient (Wildman–Crippen LogP) is 4.39. The third kappa shape index (κ3) is 4.39. The van der Waals surface area contributed by atoms with Crippen molar-refractivity contribution in [1.82, 2.24) is 9.78 Å². The molecule has 0 atom stereocenters. The van der Waals surface area contributed by atoms with E-state index in [4.69, 9.17) is 16.3 Å². The molecule has 5 nitrogen and oxygen atoms in total. The summed E-state index contributed by atoms with van der Waals surface area (Å²) in [6, 6.07) is 16.4. The molecular weight excluding hydrogens is 338 g/mol. The molecule has 25 heavy (non-hydrogen) atoms. The van der Waals surface area contributed by atoms with Crippen LogP contribution >= 0.6 is 11.6 Å². The zero-order chi connectivity index (χ0) is 17.6. The maximum absolute atomic E-state index is 12.5. The lowest BCUT2D eigenvalue weighted by Gasteiger charge is -2.10. The first-order chi connectivity index (χ1) is 12.2. The number of benzene rings is 2. The van der Waals surface area contributed by atoms with Gasteiger partial charge in [-0.15, -0.1) is 0 Å². The monoisotopic (exact) mass is 355 g/mol. The smallest absolute Gasteiger partial charge is 0.274 e. The normalized spacial score (nSPS) is 10.5. The van der Waals surface area contributed by atoms with E-state index in [1.165, 1.54) is 10.2 Å². The topological polar surface area (TPSA) is 56.2 Å². The van der Waals surface area contributed by atoms with Crippen LogP contribution in [0.1, 0.15) is 23.0 Å². The van der Waals surface area contributed by atoms with Crippen LogP contribution in [-0.4, -0.2) is 15.7 Å². The largest absolute Gasteiger partial charge is 0.471 e. The number of anilines is 1. The quantitative estimate of drug-likeness (QED) is 0.713. The molecule has 6 heteroatoms. The second kappa shape index (κ2) is 7.85. The minimum absolute atomic E-state index is 0.131. The van der Waals surface area contributed by atoms with Gasteiger partial charge in [0.1, 0.15) is 11.4 Å². The van der Waals surface area contributed by atoms with E-state index in [9.17, 15) is 4.79 Å². The third-order valence-electron chi connectivity index (χ3n) is 3.74. The van der Waals surface area contributed by atoms with Crippen molar-refractivity contribution in [1.29, 1.82) is 0 Å². The number of nitrogens with zero attached hydrogens (tertiary/aromatic N) is 2. The Morgan fingerprint density at radius 2 is 1.84 bits per heavy atom. The molecule has 0 fully saturated rings. The molecule has 2 aromatic carbocycles. The SMILES string of the molecule is CCc1ccc(NC(=O)c2ccnn2COc2ccc(Cl)cc2)cc1. The van der Waals surface area contributed by atoms with E-state index in [1.807, 2.05) is 24.3 Å². The van der Waals surface area contributed by atoms with Crippen molar-refractivity contribution in [2.75, 3.05) is 5.32 Å². The minimum Gasteiger partial charge on any atom is -0.471 e. The molecule has 0 aliphatic heterocycles. The van der Waals surface area contributed by atoms with Gasteiger partial charge >= 0.3 is 0 Å². The third-order valence-corrected chi connectivity index (χ3v) is 3.99. The predicted molar refractivity (Wildman–Crippen MR) is 98.1 cm³/mol. The molecule has 3 aromatic rings. The molecular formula is C19H18ClN3O2.